The van der Waals surface area contributed by atoms with Crippen LogP contribution in [0.3, 0.4) is 0 Å². The van der Waals surface area contributed by atoms with Gasteiger partial charge in [0.25, 0.3) is 10.0 Å². The van der Waals surface area contributed by atoms with Crippen LogP contribution in [0.15, 0.2) is 0 Å². The van der Waals surface area contributed by atoms with Crippen LogP contribution >= 0.6 is 0 Å². The summed E-state index contributed by atoms with van der Waals surface area (Å²) in [5.74, 6) is 0. The molecule has 0 saturated carbocycles. The average Bonchev–Trinajstić information content (AvgIpc) is 2.20. The maximum Gasteiger partial charge on any atom is 0.312 e. The fourth-order valence-corrected chi connectivity index (χ4v) is 4.61. The van der Waals surface area contributed by atoms with Gasteiger partial charge in [-0.3, -0.25) is 0 Å². The van der Waals surface area contributed by atoms with E-state index in [-0.39, 0.29) is 0 Å². The molecule has 0 amide bonds. The van der Waals surface area contributed by atoms with Crippen molar-refractivity contribution in [3.63, 3.8) is 0 Å². The van der Waals surface area contributed by atoms with E-state index in [9.17, 15) is 0 Å². The maximum absolute atomic E-state index is 5.72. The number of hydrogen-bond acceptors (Lipinski definition) is 3. The molecule has 0 aromatic carbocycles. The van der Waals surface area contributed by atoms with Crippen molar-refractivity contribution in [3.05, 3.63) is 0 Å². The maximum atomic E-state index is 5.72. The van der Waals surface area contributed by atoms with Crippen molar-refractivity contribution in [2.45, 2.75) is 46.1 Å². The lowest BCUT2D eigenvalue weighted by molar-refractivity contribution is 0.233. The van der Waals surface area contributed by atoms with Crippen LogP contribution in [-0.2, 0) is 13.0 Å². The lowest BCUT2D eigenvalue weighted by Gasteiger charge is -2.15. The fourth-order valence-electron chi connectivity index (χ4n) is 1.03. The molecule has 0 spiro atoms. The molecule has 0 aliphatic rings. The predicted octanol–water partition coefficient (Wildman–Crippen LogP) is 1.49. The first-order valence-corrected chi connectivity index (χ1v) is 8.57. The highest BCUT2D eigenvalue weighted by Crippen LogP contribution is 2.01. The van der Waals surface area contributed by atoms with Gasteiger partial charge in [-0.1, -0.05) is 27.2 Å². The van der Waals surface area contributed by atoms with Crippen LogP contribution in [0.1, 0.15) is 40.0 Å². The molecule has 0 aliphatic heterocycles. The molecule has 0 saturated heterocycles. The largest absolute Gasteiger partial charge is 0.422 e. The molecule has 0 radical (unpaired) electrons. The minimum atomic E-state index is -1.36. The van der Waals surface area contributed by atoms with Gasteiger partial charge in [0.1, 0.15) is 0 Å². The van der Waals surface area contributed by atoms with Gasteiger partial charge in [0.15, 0.2) is 0 Å². The summed E-state index contributed by atoms with van der Waals surface area (Å²) < 4.78 is 16.8. The normalized spacial score (nSPS) is 13.9. The van der Waals surface area contributed by atoms with Crippen LogP contribution < -0.4 is 0 Å². The second-order valence-corrected chi connectivity index (χ2v) is 7.03. The molecular formula is C9H24O3Si2. The zero-order valence-corrected chi connectivity index (χ0v) is 12.3. The first-order chi connectivity index (χ1) is 6.85. The molecule has 0 aliphatic carbocycles. The van der Waals surface area contributed by atoms with E-state index in [4.69, 9.17) is 13.0 Å². The summed E-state index contributed by atoms with van der Waals surface area (Å²) in [6.45, 7) is 8.10. The molecule has 1 unspecified atom stereocenters. The Labute approximate surface area is 92.0 Å². The number of rotatable bonds is 10. The Morgan fingerprint density at radius 1 is 1.00 bits per heavy atom. The van der Waals surface area contributed by atoms with Gasteiger partial charge in [-0.2, -0.15) is 0 Å². The van der Waals surface area contributed by atoms with Crippen molar-refractivity contribution in [1.82, 2.24) is 0 Å². The van der Waals surface area contributed by atoms with Crippen molar-refractivity contribution in [2.75, 3.05) is 13.2 Å². The van der Waals surface area contributed by atoms with Gasteiger partial charge in [-0.05, 0) is 18.9 Å². The molecule has 14 heavy (non-hydrogen) atoms. The van der Waals surface area contributed by atoms with Gasteiger partial charge in [-0.15, -0.1) is 0 Å². The van der Waals surface area contributed by atoms with Crippen molar-refractivity contribution in [1.29, 1.82) is 0 Å². The molecular weight excluding hydrogens is 212 g/mol. The van der Waals surface area contributed by atoms with Crippen LogP contribution in [0.25, 0.3) is 0 Å². The summed E-state index contributed by atoms with van der Waals surface area (Å²) in [5, 5.41) is 0. The smallest absolute Gasteiger partial charge is 0.312 e. The third kappa shape index (κ3) is 8.89. The van der Waals surface area contributed by atoms with Gasteiger partial charge in [0, 0.05) is 13.2 Å². The first-order valence-electron chi connectivity index (χ1n) is 5.66. The summed E-state index contributed by atoms with van der Waals surface area (Å²) in [4.78, 5) is 0. The molecule has 0 aromatic rings. The molecule has 3 nitrogen and oxygen atoms in total. The van der Waals surface area contributed by atoms with Gasteiger partial charge in [-0.25, -0.2) is 0 Å². The minimum absolute atomic E-state index is 0.759. The van der Waals surface area contributed by atoms with Gasteiger partial charge >= 0.3 is 9.28 Å². The second-order valence-electron chi connectivity index (χ2n) is 3.28. The third-order valence-corrected chi connectivity index (χ3v) is 5.86. The highest BCUT2D eigenvalue weighted by molar-refractivity contribution is 6.51. The highest BCUT2D eigenvalue weighted by Gasteiger charge is 2.11. The standard InChI is InChI=1S/C9H24O3Si2/c1-4-7-10-13-12-14(9-6-3)11-8-5-2/h14H,4-9,13H2,1-3H3. The zero-order valence-electron chi connectivity index (χ0n) is 9.75. The Bertz CT molecular complexity index is 114. The van der Waals surface area contributed by atoms with Crippen LogP contribution in [-0.4, -0.2) is 32.5 Å². The highest BCUT2D eigenvalue weighted by atomic mass is 28.4. The Kier molecular flexibility index (Phi) is 11.6. The topological polar surface area (TPSA) is 27.7 Å². The summed E-state index contributed by atoms with van der Waals surface area (Å²) >= 11 is 0. The second kappa shape index (κ2) is 11.4. The van der Waals surface area contributed by atoms with Crippen molar-refractivity contribution >= 4 is 19.3 Å². The molecule has 86 valence electrons. The number of hydrogen-bond donors (Lipinski definition) is 0. The van der Waals surface area contributed by atoms with E-state index in [0.717, 1.165) is 38.5 Å². The monoisotopic (exact) mass is 236 g/mol. The first kappa shape index (κ1) is 14.3. The lowest BCUT2D eigenvalue weighted by Crippen LogP contribution is -2.26. The third-order valence-electron chi connectivity index (χ3n) is 1.72. The van der Waals surface area contributed by atoms with E-state index in [1.807, 2.05) is 0 Å². The van der Waals surface area contributed by atoms with E-state index >= 15 is 0 Å². The van der Waals surface area contributed by atoms with Crippen LogP contribution in [0.4, 0.5) is 0 Å². The van der Waals surface area contributed by atoms with Gasteiger partial charge in [0.2, 0.25) is 0 Å². The van der Waals surface area contributed by atoms with E-state index in [2.05, 4.69) is 20.8 Å². The van der Waals surface area contributed by atoms with Crippen LogP contribution in [0.2, 0.25) is 6.04 Å². The van der Waals surface area contributed by atoms with Crippen LogP contribution in [0, 0.1) is 0 Å². The summed E-state index contributed by atoms with van der Waals surface area (Å²) in [5.41, 5.74) is 0. The van der Waals surface area contributed by atoms with E-state index < -0.39 is 19.3 Å². The summed E-state index contributed by atoms with van der Waals surface area (Å²) in [6.07, 6.45) is 3.31. The fraction of sp³-hybridized carbons (Fsp3) is 1.00. The SMILES string of the molecule is CCCO[SiH2]O[SiH](CCC)OCCC. The summed E-state index contributed by atoms with van der Waals surface area (Å²) in [7, 11) is -2.12. The summed E-state index contributed by atoms with van der Waals surface area (Å²) in [6, 6.07) is 1.11. The van der Waals surface area contributed by atoms with E-state index in [0.29, 0.717) is 0 Å². The Morgan fingerprint density at radius 3 is 2.29 bits per heavy atom. The molecule has 1 atom stereocenters. The molecule has 5 heteroatoms. The van der Waals surface area contributed by atoms with Crippen molar-refractivity contribution in [2.24, 2.45) is 0 Å². The predicted molar refractivity (Wildman–Crippen MR) is 64.4 cm³/mol. The molecule has 0 fully saturated rings. The van der Waals surface area contributed by atoms with Crippen LogP contribution in [0.5, 0.6) is 0 Å². The molecule has 0 heterocycles. The van der Waals surface area contributed by atoms with Gasteiger partial charge < -0.3 is 13.0 Å². The van der Waals surface area contributed by atoms with Gasteiger partial charge in [0.05, 0.1) is 0 Å². The molecule has 0 N–H and O–H groups in total. The Morgan fingerprint density at radius 2 is 1.71 bits per heavy atom. The zero-order chi connectivity index (χ0) is 10.6. The molecule has 0 aromatic heterocycles. The van der Waals surface area contributed by atoms with Crippen molar-refractivity contribution < 1.29 is 13.0 Å². The lowest BCUT2D eigenvalue weighted by atomic mass is 10.5. The van der Waals surface area contributed by atoms with E-state index in [1.165, 1.54) is 0 Å². The Hall–Kier alpha value is 0.314. The average molecular weight is 236 g/mol. The quantitative estimate of drug-likeness (QED) is 0.425. The molecule has 0 rings (SSSR count). The Balaban J connectivity index is 3.40. The molecule has 0 bridgehead atoms. The van der Waals surface area contributed by atoms with Crippen molar-refractivity contribution in [3.8, 4) is 0 Å². The minimum Gasteiger partial charge on any atom is -0.422 e. The van der Waals surface area contributed by atoms with E-state index in [1.54, 1.807) is 0 Å².